The van der Waals surface area contributed by atoms with Crippen LogP contribution in [-0.4, -0.2) is 81.0 Å². The molecule has 1 aromatic heterocycles. The maximum atomic E-state index is 13.7. The lowest BCUT2D eigenvalue weighted by atomic mass is 10.2. The van der Waals surface area contributed by atoms with Gasteiger partial charge in [-0.2, -0.15) is 4.31 Å². The quantitative estimate of drug-likeness (QED) is 0.421. The standard InChI is InChI=1S/C26H32N4O4S2/c1-19-5-3-6-23-24(19)27-26(35-23)30(14-4-13-29-15-17-34-18-16-29)25(31)20-7-11-22(12-8-20)36(32,33)28(2)21-9-10-21/h3,5-8,11-12,21H,4,9-10,13-18H2,1-2H3. The number of para-hydroxylation sites is 1. The molecular weight excluding hydrogens is 496 g/mol. The number of hydrogen-bond donors (Lipinski definition) is 0. The van der Waals surface area contributed by atoms with Gasteiger partial charge in [0.1, 0.15) is 0 Å². The van der Waals surface area contributed by atoms with E-state index in [1.54, 1.807) is 24.1 Å². The first-order chi connectivity index (χ1) is 17.3. The number of ether oxygens (including phenoxy) is 1. The fourth-order valence-electron chi connectivity index (χ4n) is 4.48. The predicted molar refractivity (Wildman–Crippen MR) is 142 cm³/mol. The highest BCUT2D eigenvalue weighted by Gasteiger charge is 2.35. The van der Waals surface area contributed by atoms with E-state index in [2.05, 4.69) is 4.90 Å². The summed E-state index contributed by atoms with van der Waals surface area (Å²) in [6.45, 7) is 6.71. The summed E-state index contributed by atoms with van der Waals surface area (Å²) in [4.78, 5) is 22.8. The number of nitrogens with zero attached hydrogens (tertiary/aromatic N) is 4. The summed E-state index contributed by atoms with van der Waals surface area (Å²) in [6, 6.07) is 12.4. The summed E-state index contributed by atoms with van der Waals surface area (Å²) < 4.78 is 33.7. The van der Waals surface area contributed by atoms with Crippen molar-refractivity contribution in [3.63, 3.8) is 0 Å². The number of morpholine rings is 1. The molecule has 0 atom stereocenters. The summed E-state index contributed by atoms with van der Waals surface area (Å²) in [7, 11) is -1.93. The van der Waals surface area contributed by atoms with Crippen molar-refractivity contribution < 1.29 is 17.9 Å². The number of hydrogen-bond acceptors (Lipinski definition) is 7. The molecule has 2 fully saturated rings. The number of fused-ring (bicyclic) bond motifs is 1. The molecule has 5 rings (SSSR count). The molecule has 1 aliphatic carbocycles. The second-order valence-electron chi connectivity index (χ2n) is 9.46. The zero-order valence-electron chi connectivity index (χ0n) is 20.7. The zero-order chi connectivity index (χ0) is 25.3. The number of aryl methyl sites for hydroxylation is 1. The number of sulfonamides is 1. The lowest BCUT2D eigenvalue weighted by Crippen LogP contribution is -2.39. The molecule has 0 unspecified atom stereocenters. The van der Waals surface area contributed by atoms with E-state index in [9.17, 15) is 13.2 Å². The highest BCUT2D eigenvalue weighted by atomic mass is 32.2. The summed E-state index contributed by atoms with van der Waals surface area (Å²) in [5.41, 5.74) is 2.43. The molecule has 0 spiro atoms. The Morgan fingerprint density at radius 3 is 2.53 bits per heavy atom. The average molecular weight is 529 g/mol. The van der Waals surface area contributed by atoms with Crippen LogP contribution < -0.4 is 4.90 Å². The van der Waals surface area contributed by atoms with Crippen molar-refractivity contribution in [1.82, 2.24) is 14.2 Å². The highest BCUT2D eigenvalue weighted by Crippen LogP contribution is 2.33. The lowest BCUT2D eigenvalue weighted by Gasteiger charge is -2.27. The topological polar surface area (TPSA) is 83.0 Å². The summed E-state index contributed by atoms with van der Waals surface area (Å²) in [5, 5.41) is 0.663. The molecule has 8 nitrogen and oxygen atoms in total. The van der Waals surface area contributed by atoms with Gasteiger partial charge in [-0.1, -0.05) is 23.5 Å². The van der Waals surface area contributed by atoms with E-state index in [-0.39, 0.29) is 16.8 Å². The van der Waals surface area contributed by atoms with Gasteiger partial charge in [-0.15, -0.1) is 0 Å². The van der Waals surface area contributed by atoms with Gasteiger partial charge in [0.05, 0.1) is 28.3 Å². The van der Waals surface area contributed by atoms with Crippen LogP contribution in [0.15, 0.2) is 47.4 Å². The van der Waals surface area contributed by atoms with Crippen molar-refractivity contribution >= 4 is 42.6 Å². The van der Waals surface area contributed by atoms with E-state index in [0.717, 1.165) is 67.9 Å². The van der Waals surface area contributed by atoms with Crippen molar-refractivity contribution in [3.05, 3.63) is 53.6 Å². The van der Waals surface area contributed by atoms with Crippen LogP contribution >= 0.6 is 11.3 Å². The van der Waals surface area contributed by atoms with Gasteiger partial charge in [-0.05, 0) is 62.1 Å². The number of rotatable bonds is 9. The van der Waals surface area contributed by atoms with Crippen molar-refractivity contribution in [2.45, 2.75) is 37.1 Å². The van der Waals surface area contributed by atoms with Crippen LogP contribution in [-0.2, 0) is 14.8 Å². The SMILES string of the molecule is Cc1cccc2sc(N(CCCN3CCOCC3)C(=O)c3ccc(S(=O)(=O)N(C)C4CC4)cc3)nc12. The molecule has 1 saturated carbocycles. The van der Waals surface area contributed by atoms with Crippen LogP contribution in [0.5, 0.6) is 0 Å². The van der Waals surface area contributed by atoms with Gasteiger partial charge in [0.15, 0.2) is 5.13 Å². The third-order valence-electron chi connectivity index (χ3n) is 6.88. The van der Waals surface area contributed by atoms with Crippen molar-refractivity contribution in [3.8, 4) is 0 Å². The number of carbonyl (C=O) groups is 1. The highest BCUT2D eigenvalue weighted by molar-refractivity contribution is 7.89. The molecule has 36 heavy (non-hydrogen) atoms. The van der Waals surface area contributed by atoms with Crippen molar-refractivity contribution in [2.24, 2.45) is 0 Å². The van der Waals surface area contributed by atoms with Crippen LogP contribution in [0.4, 0.5) is 5.13 Å². The molecule has 0 N–H and O–H groups in total. The van der Waals surface area contributed by atoms with Gasteiger partial charge in [0.25, 0.3) is 5.91 Å². The van der Waals surface area contributed by atoms with E-state index >= 15 is 0 Å². The summed E-state index contributed by atoms with van der Waals surface area (Å²) >= 11 is 1.51. The monoisotopic (exact) mass is 528 g/mol. The van der Waals surface area contributed by atoms with Gasteiger partial charge < -0.3 is 4.74 Å². The van der Waals surface area contributed by atoms with Gasteiger partial charge in [-0.25, -0.2) is 13.4 Å². The number of amides is 1. The Labute approximate surface area is 216 Å². The minimum atomic E-state index is -3.56. The van der Waals surface area contributed by atoms with Gasteiger partial charge in [0.2, 0.25) is 10.0 Å². The van der Waals surface area contributed by atoms with Gasteiger partial charge in [0, 0.05) is 44.8 Å². The normalized spacial score (nSPS) is 17.1. The molecule has 10 heteroatoms. The van der Waals surface area contributed by atoms with E-state index in [1.807, 2.05) is 25.1 Å². The maximum Gasteiger partial charge on any atom is 0.260 e. The molecule has 1 saturated heterocycles. The molecule has 0 bridgehead atoms. The number of aromatic nitrogens is 1. The van der Waals surface area contributed by atoms with E-state index in [0.29, 0.717) is 17.2 Å². The van der Waals surface area contributed by atoms with Crippen LogP contribution in [0.2, 0.25) is 0 Å². The Morgan fingerprint density at radius 1 is 1.14 bits per heavy atom. The van der Waals surface area contributed by atoms with Crippen molar-refractivity contribution in [2.75, 3.05) is 51.3 Å². The minimum Gasteiger partial charge on any atom is -0.379 e. The van der Waals surface area contributed by atoms with Crippen LogP contribution in [0.25, 0.3) is 10.2 Å². The van der Waals surface area contributed by atoms with Crippen LogP contribution in [0.3, 0.4) is 0 Å². The number of carbonyl (C=O) groups excluding carboxylic acids is 1. The Kier molecular flexibility index (Phi) is 7.41. The molecular formula is C26H32N4O4S2. The lowest BCUT2D eigenvalue weighted by molar-refractivity contribution is 0.0376. The second kappa shape index (κ2) is 10.5. The first kappa shape index (κ1) is 25.3. The third kappa shape index (κ3) is 5.33. The fraction of sp³-hybridized carbons (Fsp3) is 0.462. The average Bonchev–Trinajstić information content (AvgIpc) is 3.65. The van der Waals surface area contributed by atoms with Gasteiger partial charge in [-0.3, -0.25) is 14.6 Å². The molecule has 192 valence electrons. The fourth-order valence-corrected chi connectivity index (χ4v) is 6.96. The summed E-state index contributed by atoms with van der Waals surface area (Å²) in [5.74, 6) is -0.173. The second-order valence-corrected chi connectivity index (χ2v) is 12.5. The molecule has 1 amide bonds. The predicted octanol–water partition coefficient (Wildman–Crippen LogP) is 3.76. The van der Waals surface area contributed by atoms with E-state index in [1.165, 1.54) is 27.8 Å². The largest absolute Gasteiger partial charge is 0.379 e. The number of benzene rings is 2. The minimum absolute atomic E-state index is 0.0840. The maximum absolute atomic E-state index is 13.7. The Morgan fingerprint density at radius 2 is 1.86 bits per heavy atom. The number of thiazole rings is 1. The third-order valence-corrected chi connectivity index (χ3v) is 9.85. The molecule has 2 heterocycles. The molecule has 3 aromatic rings. The van der Waals surface area contributed by atoms with Crippen LogP contribution in [0.1, 0.15) is 35.2 Å². The smallest absolute Gasteiger partial charge is 0.260 e. The molecule has 2 aliphatic rings. The first-order valence-corrected chi connectivity index (χ1v) is 14.7. The van der Waals surface area contributed by atoms with Gasteiger partial charge >= 0.3 is 0 Å². The number of anilines is 1. The van der Waals surface area contributed by atoms with Crippen LogP contribution in [0, 0.1) is 6.92 Å². The summed E-state index contributed by atoms with van der Waals surface area (Å²) in [6.07, 6.45) is 2.60. The van der Waals surface area contributed by atoms with E-state index < -0.39 is 10.0 Å². The Hall–Kier alpha value is -2.37. The molecule has 1 aliphatic heterocycles. The molecule has 0 radical (unpaired) electrons. The van der Waals surface area contributed by atoms with E-state index in [4.69, 9.17) is 9.72 Å². The zero-order valence-corrected chi connectivity index (χ0v) is 22.4. The Balaban J connectivity index is 1.38. The Bertz CT molecular complexity index is 1330. The van der Waals surface area contributed by atoms with Crippen molar-refractivity contribution in [1.29, 1.82) is 0 Å². The first-order valence-electron chi connectivity index (χ1n) is 12.4. The molecule has 2 aromatic carbocycles.